The van der Waals surface area contributed by atoms with Crippen molar-refractivity contribution in [1.29, 1.82) is 0 Å². The fourth-order valence-electron chi connectivity index (χ4n) is 10.0. The van der Waals surface area contributed by atoms with E-state index in [2.05, 4.69) is 244 Å². The summed E-state index contributed by atoms with van der Waals surface area (Å²) in [5.74, 6) is 0. The Bertz CT molecular complexity index is 3750. The van der Waals surface area contributed by atoms with Crippen molar-refractivity contribution in [3.05, 3.63) is 223 Å². The molecule has 1 aliphatic carbocycles. The number of hydrogen-bond acceptors (Lipinski definition) is 4. The zero-order valence-corrected chi connectivity index (χ0v) is 39.0. The van der Waals surface area contributed by atoms with Crippen molar-refractivity contribution < 1.29 is 8.83 Å². The third-order valence-electron chi connectivity index (χ3n) is 13.7. The summed E-state index contributed by atoms with van der Waals surface area (Å²) in [6, 6.07) is 68.3. The van der Waals surface area contributed by atoms with E-state index in [1.165, 1.54) is 33.4 Å². The quantitative estimate of drug-likeness (QED) is 0.145. The first-order chi connectivity index (χ1) is 33.2. The van der Waals surface area contributed by atoms with Crippen LogP contribution < -0.4 is 9.80 Å². The van der Waals surface area contributed by atoms with Gasteiger partial charge in [0.25, 0.3) is 0 Å². The van der Waals surface area contributed by atoms with Gasteiger partial charge in [0.05, 0.1) is 0 Å². The summed E-state index contributed by atoms with van der Waals surface area (Å²) < 4.78 is 13.6. The van der Waals surface area contributed by atoms with E-state index in [1.54, 1.807) is 0 Å². The van der Waals surface area contributed by atoms with Gasteiger partial charge in [0.1, 0.15) is 22.3 Å². The van der Waals surface area contributed by atoms with Gasteiger partial charge >= 0.3 is 0 Å². The molecule has 0 radical (unpaired) electrons. The van der Waals surface area contributed by atoms with Crippen molar-refractivity contribution in [3.8, 4) is 11.1 Å². The zero-order valence-electron chi connectivity index (χ0n) is 39.0. The van der Waals surface area contributed by atoms with Crippen molar-refractivity contribution in [2.24, 2.45) is 0 Å². The summed E-state index contributed by atoms with van der Waals surface area (Å²) in [5.41, 5.74) is 17.4. The SMILES string of the molecule is CCc1ccc(N(c2cccc(C3=CCCC=C3)c2)c2ccc3c(c2)oc2cc4cc5c(cc4cc23)oc2cc(N(c3ccc(C(C)(C)C)cc3)c3cccc(-c4ccccc4)c3)ccc25)cc1. The first-order valence-electron chi connectivity index (χ1n) is 23.9. The molecule has 12 rings (SSSR count). The van der Waals surface area contributed by atoms with Crippen molar-refractivity contribution >= 4 is 94.3 Å². The molecule has 0 saturated heterocycles. The molecule has 0 N–H and O–H groups in total. The second-order valence-electron chi connectivity index (χ2n) is 19.2. The number of aryl methyl sites for hydroxylation is 1. The molecule has 68 heavy (non-hydrogen) atoms. The number of fused-ring (bicyclic) bond motifs is 7. The molecule has 0 saturated carbocycles. The topological polar surface area (TPSA) is 32.8 Å². The minimum atomic E-state index is 0.0498. The molecule has 2 heterocycles. The van der Waals surface area contributed by atoms with E-state index in [9.17, 15) is 0 Å². The molecule has 2 aromatic heterocycles. The van der Waals surface area contributed by atoms with Gasteiger partial charge in [0, 0.05) is 67.8 Å². The van der Waals surface area contributed by atoms with Gasteiger partial charge in [0.15, 0.2) is 0 Å². The van der Waals surface area contributed by atoms with Gasteiger partial charge in [-0.1, -0.05) is 125 Å². The first kappa shape index (κ1) is 41.4. The van der Waals surface area contributed by atoms with Crippen molar-refractivity contribution in [3.63, 3.8) is 0 Å². The van der Waals surface area contributed by atoms with E-state index < -0.39 is 0 Å². The Morgan fingerprint density at radius 2 is 0.926 bits per heavy atom. The van der Waals surface area contributed by atoms with Crippen molar-refractivity contribution in [2.45, 2.75) is 52.4 Å². The van der Waals surface area contributed by atoms with Crippen LogP contribution in [0.5, 0.6) is 0 Å². The van der Waals surface area contributed by atoms with Crippen LogP contribution in [0, 0.1) is 0 Å². The average molecular weight is 881 g/mol. The molecular formula is C64H52N2O2. The van der Waals surface area contributed by atoms with E-state index >= 15 is 0 Å². The Morgan fingerprint density at radius 1 is 0.426 bits per heavy atom. The number of hydrogen-bond donors (Lipinski definition) is 0. The standard InChI is InChI=1S/C64H52N2O2/c1-5-42-22-26-50(27-23-42)65(52-20-12-18-45(34-52)43-14-8-6-9-15-43)54-30-32-56-58-36-47-39-61-59(37-48(47)38-60(58)67-62(56)40-54)57-33-31-55(41-63(57)68-61)66(51-28-24-49(25-29-51)64(2,3)4)53-21-13-19-46(35-53)44-16-10-7-11-17-44/h7-8,10-41H,5-6,9H2,1-4H3. The molecule has 1 aliphatic rings. The van der Waals surface area contributed by atoms with Gasteiger partial charge in [-0.15, -0.1) is 0 Å². The highest BCUT2D eigenvalue weighted by Crippen LogP contribution is 2.44. The predicted molar refractivity (Wildman–Crippen MR) is 288 cm³/mol. The average Bonchev–Trinajstić information content (AvgIpc) is 3.92. The summed E-state index contributed by atoms with van der Waals surface area (Å²) in [6.45, 7) is 8.97. The molecule has 4 heteroatoms. The van der Waals surface area contributed by atoms with Crippen molar-refractivity contribution in [1.82, 2.24) is 0 Å². The molecule has 0 amide bonds. The van der Waals surface area contributed by atoms with Gasteiger partial charge in [-0.3, -0.25) is 0 Å². The minimum absolute atomic E-state index is 0.0498. The highest BCUT2D eigenvalue weighted by molar-refractivity contribution is 6.15. The lowest BCUT2D eigenvalue weighted by molar-refractivity contribution is 0.590. The lowest BCUT2D eigenvalue weighted by Crippen LogP contribution is -2.13. The van der Waals surface area contributed by atoms with Gasteiger partial charge in [-0.25, -0.2) is 0 Å². The highest BCUT2D eigenvalue weighted by Gasteiger charge is 2.21. The smallest absolute Gasteiger partial charge is 0.137 e. The Balaban J connectivity index is 0.931. The van der Waals surface area contributed by atoms with E-state index in [-0.39, 0.29) is 5.41 Å². The van der Waals surface area contributed by atoms with E-state index in [4.69, 9.17) is 8.83 Å². The summed E-state index contributed by atoms with van der Waals surface area (Å²) in [6.07, 6.45) is 10.0. The van der Waals surface area contributed by atoms with E-state index in [0.29, 0.717) is 0 Å². The van der Waals surface area contributed by atoms with Crippen LogP contribution in [0.25, 0.3) is 71.3 Å². The monoisotopic (exact) mass is 880 g/mol. The van der Waals surface area contributed by atoms with E-state index in [0.717, 1.165) is 108 Å². The summed E-state index contributed by atoms with van der Waals surface area (Å²) in [7, 11) is 0. The van der Waals surface area contributed by atoms with Crippen LogP contribution in [0.3, 0.4) is 0 Å². The summed E-state index contributed by atoms with van der Waals surface area (Å²) >= 11 is 0. The molecule has 0 fully saturated rings. The Labute approximate surface area is 397 Å². The molecular weight excluding hydrogens is 829 g/mol. The second kappa shape index (κ2) is 16.7. The first-order valence-corrected chi connectivity index (χ1v) is 23.9. The van der Waals surface area contributed by atoms with Crippen LogP contribution in [-0.4, -0.2) is 0 Å². The lowest BCUT2D eigenvalue weighted by atomic mass is 9.87. The molecule has 330 valence electrons. The number of furan rings is 2. The Hall–Kier alpha value is -8.08. The highest BCUT2D eigenvalue weighted by atomic mass is 16.3. The maximum atomic E-state index is 6.79. The largest absolute Gasteiger partial charge is 0.456 e. The fourth-order valence-corrected chi connectivity index (χ4v) is 10.0. The van der Waals surface area contributed by atoms with Gasteiger partial charge in [-0.2, -0.15) is 0 Å². The van der Waals surface area contributed by atoms with Crippen LogP contribution in [0.4, 0.5) is 34.1 Å². The fraction of sp³-hybridized carbons (Fsp3) is 0.125. The maximum absolute atomic E-state index is 6.79. The van der Waals surface area contributed by atoms with Crippen LogP contribution >= 0.6 is 0 Å². The van der Waals surface area contributed by atoms with Crippen LogP contribution in [0.2, 0.25) is 0 Å². The van der Waals surface area contributed by atoms with Crippen molar-refractivity contribution in [2.75, 3.05) is 9.80 Å². The van der Waals surface area contributed by atoms with Crippen LogP contribution in [0.15, 0.2) is 215 Å². The molecule has 0 spiro atoms. The van der Waals surface area contributed by atoms with E-state index in [1.807, 2.05) is 0 Å². The molecule has 11 aromatic rings. The molecule has 0 unspecified atom stereocenters. The predicted octanol–water partition coefficient (Wildman–Crippen LogP) is 18.8. The number of anilines is 6. The van der Waals surface area contributed by atoms with Gasteiger partial charge < -0.3 is 18.6 Å². The van der Waals surface area contributed by atoms with Crippen LogP contribution in [0.1, 0.15) is 57.2 Å². The maximum Gasteiger partial charge on any atom is 0.137 e. The van der Waals surface area contributed by atoms with Crippen LogP contribution in [-0.2, 0) is 11.8 Å². The van der Waals surface area contributed by atoms with Gasteiger partial charge in [-0.05, 0) is 166 Å². The summed E-state index contributed by atoms with van der Waals surface area (Å²) in [4.78, 5) is 4.67. The number of allylic oxidation sites excluding steroid dienone is 4. The van der Waals surface area contributed by atoms with Gasteiger partial charge in [0.2, 0.25) is 0 Å². The number of nitrogens with zero attached hydrogens (tertiary/aromatic N) is 2. The molecule has 0 aliphatic heterocycles. The zero-order chi connectivity index (χ0) is 45.9. The molecule has 0 atom stereocenters. The third-order valence-corrected chi connectivity index (χ3v) is 13.7. The Morgan fingerprint density at radius 3 is 1.47 bits per heavy atom. The molecule has 9 aromatic carbocycles. The Kier molecular flexibility index (Phi) is 10.1. The summed E-state index contributed by atoms with van der Waals surface area (Å²) in [5, 5.41) is 6.53. The third kappa shape index (κ3) is 7.52. The minimum Gasteiger partial charge on any atom is -0.456 e. The number of benzene rings is 9. The molecule has 4 nitrogen and oxygen atoms in total. The number of rotatable bonds is 9. The second-order valence-corrected chi connectivity index (χ2v) is 19.2. The lowest BCUT2D eigenvalue weighted by Gasteiger charge is -2.27. The molecule has 0 bridgehead atoms. The normalized spacial score (nSPS) is 13.0.